The van der Waals surface area contributed by atoms with Crippen LogP contribution < -0.4 is 5.32 Å². The van der Waals surface area contributed by atoms with Gasteiger partial charge in [0.05, 0.1) is 42.2 Å². The molecule has 2 aliphatic heterocycles. The van der Waals surface area contributed by atoms with Crippen LogP contribution in [0.5, 0.6) is 0 Å². The van der Waals surface area contributed by atoms with Gasteiger partial charge in [0.15, 0.2) is 6.10 Å². The minimum atomic E-state index is -4.32. The first kappa shape index (κ1) is 26.5. The van der Waals surface area contributed by atoms with Gasteiger partial charge < -0.3 is 15.2 Å². The number of amides is 1. The Morgan fingerprint density at radius 1 is 1.25 bits per heavy atom. The van der Waals surface area contributed by atoms with Gasteiger partial charge >= 0.3 is 6.18 Å². The lowest BCUT2D eigenvalue weighted by atomic mass is 9.95. The zero-order chi connectivity index (χ0) is 26.0. The number of carbonyl (C=O) groups is 1. The summed E-state index contributed by atoms with van der Waals surface area (Å²) in [5.41, 5.74) is 3.76. The molecule has 7 nitrogen and oxygen atoms in total. The Balaban J connectivity index is 1.44. The third-order valence-electron chi connectivity index (χ3n) is 6.95. The van der Waals surface area contributed by atoms with Crippen LogP contribution in [0.15, 0.2) is 30.6 Å². The van der Waals surface area contributed by atoms with Gasteiger partial charge in [0.25, 0.3) is 5.91 Å². The summed E-state index contributed by atoms with van der Waals surface area (Å²) >= 11 is 0. The highest BCUT2D eigenvalue weighted by Gasteiger charge is 2.44. The Bertz CT molecular complexity index is 1050. The molecular formula is C26H33F3N4O3. The Morgan fingerprint density at radius 2 is 2.03 bits per heavy atom. The van der Waals surface area contributed by atoms with Crippen LogP contribution in [0, 0.1) is 18.8 Å². The van der Waals surface area contributed by atoms with Crippen molar-refractivity contribution in [1.29, 1.82) is 0 Å². The van der Waals surface area contributed by atoms with Crippen molar-refractivity contribution in [2.75, 3.05) is 19.8 Å². The summed E-state index contributed by atoms with van der Waals surface area (Å²) in [4.78, 5) is 24.1. The first-order valence-corrected chi connectivity index (χ1v) is 12.3. The lowest BCUT2D eigenvalue weighted by molar-refractivity contribution is -0.236. The van der Waals surface area contributed by atoms with E-state index in [1.54, 1.807) is 18.5 Å². The number of ether oxygens (including phenoxy) is 1. The van der Waals surface area contributed by atoms with E-state index in [0.717, 1.165) is 16.8 Å². The number of nitrogens with zero attached hydrogens (tertiary/aromatic N) is 3. The van der Waals surface area contributed by atoms with Crippen molar-refractivity contribution in [2.45, 2.75) is 64.5 Å². The number of halogens is 3. The molecule has 0 spiro atoms. The van der Waals surface area contributed by atoms with Crippen LogP contribution in [0.2, 0.25) is 0 Å². The van der Waals surface area contributed by atoms with Gasteiger partial charge in [-0.1, -0.05) is 19.9 Å². The van der Waals surface area contributed by atoms with Crippen molar-refractivity contribution < 1.29 is 27.8 Å². The zero-order valence-corrected chi connectivity index (χ0v) is 20.8. The van der Waals surface area contributed by atoms with Crippen molar-refractivity contribution in [3.8, 4) is 0 Å². The molecule has 0 bridgehead atoms. The van der Waals surface area contributed by atoms with Crippen LogP contribution in [0.25, 0.3) is 0 Å². The number of hydrogen-bond acceptors (Lipinski definition) is 6. The lowest BCUT2D eigenvalue weighted by Crippen LogP contribution is -2.41. The molecule has 36 heavy (non-hydrogen) atoms. The maximum absolute atomic E-state index is 13.0. The smallest absolute Gasteiger partial charge is 0.394 e. The molecule has 10 heteroatoms. The van der Waals surface area contributed by atoms with Gasteiger partial charge in [0.2, 0.25) is 0 Å². The molecule has 4 atom stereocenters. The second-order valence-corrected chi connectivity index (χ2v) is 10.2. The molecule has 1 unspecified atom stereocenters. The van der Waals surface area contributed by atoms with Gasteiger partial charge in [0.1, 0.15) is 0 Å². The first-order chi connectivity index (χ1) is 17.1. The quantitative estimate of drug-likeness (QED) is 0.588. The number of aliphatic hydroxyl groups is 1. The summed E-state index contributed by atoms with van der Waals surface area (Å²) in [6.07, 6.45) is -2.33. The fourth-order valence-corrected chi connectivity index (χ4v) is 5.12. The van der Waals surface area contributed by atoms with Crippen LogP contribution in [0.4, 0.5) is 13.2 Å². The van der Waals surface area contributed by atoms with Gasteiger partial charge in [-0.05, 0) is 54.9 Å². The van der Waals surface area contributed by atoms with Crippen molar-refractivity contribution in [2.24, 2.45) is 11.8 Å². The third-order valence-corrected chi connectivity index (χ3v) is 6.95. The van der Waals surface area contributed by atoms with Crippen molar-refractivity contribution >= 4 is 5.91 Å². The van der Waals surface area contributed by atoms with E-state index in [-0.39, 0.29) is 43.4 Å². The molecule has 4 heterocycles. The summed E-state index contributed by atoms with van der Waals surface area (Å²) in [5, 5.41) is 12.6. The summed E-state index contributed by atoms with van der Waals surface area (Å²) < 4.78 is 44.0. The second kappa shape index (κ2) is 10.8. The maximum Gasteiger partial charge on any atom is 0.414 e. The van der Waals surface area contributed by atoms with E-state index in [1.807, 2.05) is 19.1 Å². The normalized spacial score (nSPS) is 23.5. The molecule has 1 amide bonds. The van der Waals surface area contributed by atoms with Crippen LogP contribution in [-0.2, 0) is 11.3 Å². The highest BCUT2D eigenvalue weighted by molar-refractivity contribution is 5.94. The number of alkyl halides is 3. The lowest BCUT2D eigenvalue weighted by Gasteiger charge is -2.35. The average molecular weight is 507 g/mol. The van der Waals surface area contributed by atoms with Crippen LogP contribution in [0.1, 0.15) is 71.6 Å². The van der Waals surface area contributed by atoms with Gasteiger partial charge in [-0.3, -0.25) is 19.7 Å². The molecule has 0 saturated carbocycles. The molecule has 2 aromatic heterocycles. The highest BCUT2D eigenvalue weighted by atomic mass is 19.4. The van der Waals surface area contributed by atoms with Crippen molar-refractivity contribution in [1.82, 2.24) is 20.2 Å². The number of nitrogens with one attached hydrogen (secondary N) is 1. The van der Waals surface area contributed by atoms with Gasteiger partial charge in [0, 0.05) is 25.5 Å². The standard InChI is InChI=1S/C26H33F3N4O3/c1-15(2)24-23-19(12-33(24)11-17-5-7-22(36-14-17)26(27,28)29)8-18(10-31-23)25(35)32-21(13-34)20-6-4-16(3)9-30-20/h4,6,8-10,15,17,21-22,24,34H,5,7,11-14H2,1-3H3,(H,32,35)/t17-,21+,22+,24?/m1/s1. The van der Waals surface area contributed by atoms with E-state index in [2.05, 4.69) is 34.0 Å². The Kier molecular flexibility index (Phi) is 7.96. The predicted octanol–water partition coefficient (Wildman–Crippen LogP) is 4.12. The summed E-state index contributed by atoms with van der Waals surface area (Å²) in [6.45, 7) is 7.05. The highest BCUT2D eigenvalue weighted by Crippen LogP contribution is 2.39. The van der Waals surface area contributed by atoms with Crippen molar-refractivity contribution in [3.63, 3.8) is 0 Å². The fraction of sp³-hybridized carbons (Fsp3) is 0.577. The molecule has 4 rings (SSSR count). The van der Waals surface area contributed by atoms with E-state index >= 15 is 0 Å². The van der Waals surface area contributed by atoms with E-state index in [1.165, 1.54) is 0 Å². The predicted molar refractivity (Wildman–Crippen MR) is 127 cm³/mol. The van der Waals surface area contributed by atoms with Gasteiger partial charge in [-0.25, -0.2) is 0 Å². The average Bonchev–Trinajstić information content (AvgIpc) is 3.20. The largest absolute Gasteiger partial charge is 0.414 e. The number of rotatable bonds is 7. The molecule has 0 radical (unpaired) electrons. The minimum absolute atomic E-state index is 0.00857. The van der Waals surface area contributed by atoms with E-state index in [9.17, 15) is 23.1 Å². The molecule has 1 saturated heterocycles. The van der Waals surface area contributed by atoms with Gasteiger partial charge in [-0.2, -0.15) is 13.2 Å². The molecule has 2 aliphatic rings. The summed E-state index contributed by atoms with van der Waals surface area (Å²) in [6, 6.07) is 4.84. The summed E-state index contributed by atoms with van der Waals surface area (Å²) in [5.74, 6) is -0.114. The SMILES string of the molecule is Cc1ccc([C@H](CO)NC(=O)c2cnc3c(c2)CN(C[C@H]2CC[C@@H](C(F)(F)F)OC2)C3C(C)C)nc1. The number of aromatic nitrogens is 2. The molecule has 2 aromatic rings. The van der Waals surface area contributed by atoms with Gasteiger partial charge in [-0.15, -0.1) is 0 Å². The Morgan fingerprint density at radius 3 is 2.61 bits per heavy atom. The second-order valence-electron chi connectivity index (χ2n) is 10.2. The van der Waals surface area contributed by atoms with E-state index < -0.39 is 18.3 Å². The number of carbonyl (C=O) groups excluding carboxylic acids is 1. The number of pyridine rings is 2. The summed E-state index contributed by atoms with van der Waals surface area (Å²) in [7, 11) is 0. The molecule has 2 N–H and O–H groups in total. The molecular weight excluding hydrogens is 473 g/mol. The van der Waals surface area contributed by atoms with E-state index in [4.69, 9.17) is 4.74 Å². The Labute approximate surface area is 209 Å². The molecule has 196 valence electrons. The van der Waals surface area contributed by atoms with Crippen LogP contribution in [-0.4, -0.2) is 57.9 Å². The molecule has 0 aromatic carbocycles. The third kappa shape index (κ3) is 5.87. The topological polar surface area (TPSA) is 87.6 Å². The molecule has 1 fully saturated rings. The zero-order valence-electron chi connectivity index (χ0n) is 20.8. The number of fused-ring (bicyclic) bond motifs is 1. The van der Waals surface area contributed by atoms with Crippen LogP contribution >= 0.6 is 0 Å². The number of aryl methyl sites for hydroxylation is 1. The Hall–Kier alpha value is -2.56. The minimum Gasteiger partial charge on any atom is -0.394 e. The molecule has 0 aliphatic carbocycles. The first-order valence-electron chi connectivity index (χ1n) is 12.3. The van der Waals surface area contributed by atoms with Crippen molar-refractivity contribution in [3.05, 3.63) is 58.7 Å². The fourth-order valence-electron chi connectivity index (χ4n) is 5.12. The van der Waals surface area contributed by atoms with E-state index in [0.29, 0.717) is 30.8 Å². The maximum atomic E-state index is 13.0. The van der Waals surface area contributed by atoms with Crippen LogP contribution in [0.3, 0.4) is 0 Å². The number of aliphatic hydroxyl groups excluding tert-OH is 1. The number of hydrogen-bond donors (Lipinski definition) is 2. The monoisotopic (exact) mass is 506 g/mol.